The third-order valence-corrected chi connectivity index (χ3v) is 3.24. The smallest absolute Gasteiger partial charge is 0.0588 e. The number of piperazine rings is 1. The number of hydrogen-bond donors (Lipinski definition) is 1. The Balaban J connectivity index is 1.75. The summed E-state index contributed by atoms with van der Waals surface area (Å²) >= 11 is 0. The zero-order chi connectivity index (χ0) is 9.10. The van der Waals surface area contributed by atoms with E-state index in [4.69, 9.17) is 4.74 Å². The van der Waals surface area contributed by atoms with Crippen LogP contribution in [0, 0.1) is 5.92 Å². The largest absolute Gasteiger partial charge is 0.378 e. The van der Waals surface area contributed by atoms with Crippen molar-refractivity contribution in [2.75, 3.05) is 39.3 Å². The zero-order valence-corrected chi connectivity index (χ0v) is 8.46. The molecule has 76 valence electrons. The van der Waals surface area contributed by atoms with E-state index in [1.807, 2.05) is 0 Å². The highest BCUT2D eigenvalue weighted by atomic mass is 16.5. The Morgan fingerprint density at radius 2 is 2.15 bits per heavy atom. The first-order valence-electron chi connectivity index (χ1n) is 5.41. The lowest BCUT2D eigenvalue weighted by Gasteiger charge is -2.30. The summed E-state index contributed by atoms with van der Waals surface area (Å²) in [5.41, 5.74) is 0. The normalized spacial score (nSPS) is 36.7. The highest BCUT2D eigenvalue weighted by molar-refractivity contribution is 4.78. The molecule has 0 saturated carbocycles. The van der Waals surface area contributed by atoms with Crippen LogP contribution in [0.4, 0.5) is 0 Å². The monoisotopic (exact) mass is 184 g/mol. The van der Waals surface area contributed by atoms with Crippen LogP contribution in [0.5, 0.6) is 0 Å². The van der Waals surface area contributed by atoms with Gasteiger partial charge in [0, 0.05) is 39.3 Å². The van der Waals surface area contributed by atoms with E-state index in [0.717, 1.165) is 25.6 Å². The van der Waals surface area contributed by atoms with Crippen molar-refractivity contribution in [3.8, 4) is 0 Å². The topological polar surface area (TPSA) is 24.5 Å². The molecule has 0 aromatic rings. The zero-order valence-electron chi connectivity index (χ0n) is 8.46. The van der Waals surface area contributed by atoms with E-state index >= 15 is 0 Å². The van der Waals surface area contributed by atoms with E-state index in [9.17, 15) is 0 Å². The van der Waals surface area contributed by atoms with Crippen molar-refractivity contribution >= 4 is 0 Å². The molecule has 1 N–H and O–H groups in total. The standard InChI is InChI=1S/C10H20N2O/c1-9-10(2-7-13-9)8-12-5-3-11-4-6-12/h9-11H,2-8H2,1H3. The van der Waals surface area contributed by atoms with E-state index in [-0.39, 0.29) is 0 Å². The first-order chi connectivity index (χ1) is 6.36. The van der Waals surface area contributed by atoms with E-state index in [2.05, 4.69) is 17.1 Å². The van der Waals surface area contributed by atoms with Gasteiger partial charge in [0.05, 0.1) is 6.10 Å². The first-order valence-corrected chi connectivity index (χ1v) is 5.41. The van der Waals surface area contributed by atoms with Gasteiger partial charge in [0.25, 0.3) is 0 Å². The molecule has 0 amide bonds. The molecule has 2 unspecified atom stereocenters. The molecule has 0 radical (unpaired) electrons. The van der Waals surface area contributed by atoms with E-state index in [1.54, 1.807) is 0 Å². The second-order valence-corrected chi connectivity index (χ2v) is 4.18. The van der Waals surface area contributed by atoms with Crippen LogP contribution >= 0.6 is 0 Å². The highest BCUT2D eigenvalue weighted by Crippen LogP contribution is 2.21. The third-order valence-electron chi connectivity index (χ3n) is 3.24. The van der Waals surface area contributed by atoms with Crippen LogP contribution < -0.4 is 5.32 Å². The fourth-order valence-corrected chi connectivity index (χ4v) is 2.24. The van der Waals surface area contributed by atoms with Gasteiger partial charge in [-0.25, -0.2) is 0 Å². The van der Waals surface area contributed by atoms with Crippen molar-refractivity contribution in [2.24, 2.45) is 5.92 Å². The Hall–Kier alpha value is -0.120. The molecule has 2 fully saturated rings. The fraction of sp³-hybridized carbons (Fsp3) is 1.00. The van der Waals surface area contributed by atoms with Gasteiger partial charge >= 0.3 is 0 Å². The summed E-state index contributed by atoms with van der Waals surface area (Å²) in [6.45, 7) is 9.15. The van der Waals surface area contributed by atoms with Crippen molar-refractivity contribution in [1.82, 2.24) is 10.2 Å². The number of hydrogen-bond acceptors (Lipinski definition) is 3. The molecular weight excluding hydrogens is 164 g/mol. The minimum Gasteiger partial charge on any atom is -0.378 e. The molecule has 2 heterocycles. The highest BCUT2D eigenvalue weighted by Gasteiger charge is 2.26. The molecule has 2 atom stereocenters. The van der Waals surface area contributed by atoms with Gasteiger partial charge < -0.3 is 15.0 Å². The van der Waals surface area contributed by atoms with Crippen LogP contribution in [0.1, 0.15) is 13.3 Å². The second kappa shape index (κ2) is 4.40. The predicted molar refractivity (Wildman–Crippen MR) is 52.8 cm³/mol. The maximum atomic E-state index is 5.56. The van der Waals surface area contributed by atoms with Gasteiger partial charge in [-0.05, 0) is 19.3 Å². The van der Waals surface area contributed by atoms with E-state index < -0.39 is 0 Å². The predicted octanol–water partition coefficient (Wildman–Crippen LogP) is 0.317. The van der Waals surface area contributed by atoms with Gasteiger partial charge in [0.15, 0.2) is 0 Å². The van der Waals surface area contributed by atoms with Crippen molar-refractivity contribution in [3.05, 3.63) is 0 Å². The van der Waals surface area contributed by atoms with Crippen LogP contribution in [-0.4, -0.2) is 50.3 Å². The van der Waals surface area contributed by atoms with Crippen LogP contribution in [0.15, 0.2) is 0 Å². The Labute approximate surface area is 80.4 Å². The molecule has 3 nitrogen and oxygen atoms in total. The Morgan fingerprint density at radius 3 is 2.77 bits per heavy atom. The minimum atomic E-state index is 0.481. The average Bonchev–Trinajstić information content (AvgIpc) is 2.54. The molecule has 0 bridgehead atoms. The molecule has 3 heteroatoms. The summed E-state index contributed by atoms with van der Waals surface area (Å²) in [5, 5.41) is 3.38. The summed E-state index contributed by atoms with van der Waals surface area (Å²) in [6, 6.07) is 0. The second-order valence-electron chi connectivity index (χ2n) is 4.18. The molecule has 0 aliphatic carbocycles. The van der Waals surface area contributed by atoms with Crippen molar-refractivity contribution in [1.29, 1.82) is 0 Å². The van der Waals surface area contributed by atoms with Gasteiger partial charge in [-0.1, -0.05) is 0 Å². The van der Waals surface area contributed by atoms with E-state index in [1.165, 1.54) is 26.1 Å². The lowest BCUT2D eigenvalue weighted by Crippen LogP contribution is -2.45. The number of nitrogens with one attached hydrogen (secondary N) is 1. The summed E-state index contributed by atoms with van der Waals surface area (Å²) in [6.07, 6.45) is 1.74. The van der Waals surface area contributed by atoms with Crippen LogP contribution in [0.2, 0.25) is 0 Å². The Bertz CT molecular complexity index is 157. The minimum absolute atomic E-state index is 0.481. The van der Waals surface area contributed by atoms with Gasteiger partial charge in [-0.15, -0.1) is 0 Å². The first kappa shape index (κ1) is 9.44. The average molecular weight is 184 g/mol. The van der Waals surface area contributed by atoms with Crippen molar-refractivity contribution < 1.29 is 4.74 Å². The fourth-order valence-electron chi connectivity index (χ4n) is 2.24. The Kier molecular flexibility index (Phi) is 3.19. The van der Waals surface area contributed by atoms with Gasteiger partial charge in [-0.3, -0.25) is 0 Å². The molecule has 13 heavy (non-hydrogen) atoms. The van der Waals surface area contributed by atoms with Crippen LogP contribution in [0.25, 0.3) is 0 Å². The Morgan fingerprint density at radius 1 is 1.38 bits per heavy atom. The molecular formula is C10H20N2O. The third kappa shape index (κ3) is 2.42. The van der Waals surface area contributed by atoms with Gasteiger partial charge in [-0.2, -0.15) is 0 Å². The van der Waals surface area contributed by atoms with Crippen LogP contribution in [-0.2, 0) is 4.74 Å². The lowest BCUT2D eigenvalue weighted by molar-refractivity contribution is 0.0902. The van der Waals surface area contributed by atoms with Crippen molar-refractivity contribution in [3.63, 3.8) is 0 Å². The molecule has 2 rings (SSSR count). The summed E-state index contributed by atoms with van der Waals surface area (Å²) in [7, 11) is 0. The molecule has 2 aliphatic rings. The molecule has 2 aliphatic heterocycles. The number of rotatable bonds is 2. The summed E-state index contributed by atoms with van der Waals surface area (Å²) < 4.78 is 5.56. The molecule has 0 aromatic heterocycles. The van der Waals surface area contributed by atoms with Gasteiger partial charge in [0.2, 0.25) is 0 Å². The van der Waals surface area contributed by atoms with E-state index in [0.29, 0.717) is 6.10 Å². The van der Waals surface area contributed by atoms with Crippen LogP contribution in [0.3, 0.4) is 0 Å². The van der Waals surface area contributed by atoms with Crippen molar-refractivity contribution in [2.45, 2.75) is 19.4 Å². The maximum Gasteiger partial charge on any atom is 0.0588 e. The molecule has 2 saturated heterocycles. The van der Waals surface area contributed by atoms with Gasteiger partial charge in [0.1, 0.15) is 0 Å². The quantitative estimate of drug-likeness (QED) is 0.669. The lowest BCUT2D eigenvalue weighted by atomic mass is 10.0. The summed E-state index contributed by atoms with van der Waals surface area (Å²) in [4.78, 5) is 2.56. The number of nitrogens with zero attached hydrogens (tertiary/aromatic N) is 1. The maximum absolute atomic E-state index is 5.56. The SMILES string of the molecule is CC1OCCC1CN1CCNCC1. The number of ether oxygens (including phenoxy) is 1. The molecule has 0 aromatic carbocycles. The summed E-state index contributed by atoms with van der Waals surface area (Å²) in [5.74, 6) is 0.776. The molecule has 0 spiro atoms.